The Morgan fingerprint density at radius 1 is 2.00 bits per heavy atom. The summed E-state index contributed by atoms with van der Waals surface area (Å²) in [5.74, 6) is 0.778. The van der Waals surface area contributed by atoms with E-state index in [2.05, 4.69) is 19.2 Å². The maximum atomic E-state index is 3.80. The Labute approximate surface area is 71.0 Å². The van der Waals surface area contributed by atoms with Gasteiger partial charge in [-0.05, 0) is 0 Å². The second-order valence-corrected chi connectivity index (χ2v) is 0.836. The molecule has 0 unspecified atom stereocenters. The summed E-state index contributed by atoms with van der Waals surface area (Å²) in [5.41, 5.74) is 0. The summed E-state index contributed by atoms with van der Waals surface area (Å²) in [5, 5.41) is 0. The molecule has 0 aromatic heterocycles. The zero-order valence-electron chi connectivity index (χ0n) is 5.15. The molecule has 28 valence electrons. The Kier molecular flexibility index (Phi) is 17.3. The third-order valence-electron chi connectivity index (χ3n) is 0.129. The predicted molar refractivity (Wildman–Crippen MR) is 32.0 cm³/mol. The van der Waals surface area contributed by atoms with Crippen molar-refractivity contribution >= 4 is 50.4 Å². The maximum absolute atomic E-state index is 3.80. The van der Waals surface area contributed by atoms with Crippen LogP contribution in [0.5, 0.6) is 0 Å². The van der Waals surface area contributed by atoms with Gasteiger partial charge in [0, 0.05) is 5.75 Å². The van der Waals surface area contributed by atoms with E-state index in [0.29, 0.717) is 0 Å². The molecule has 0 aromatic carbocycles. The third-order valence-corrected chi connectivity index (χ3v) is 0.387. The van der Waals surface area contributed by atoms with Gasteiger partial charge < -0.3 is 2.85 Å². The van der Waals surface area contributed by atoms with Crippen LogP contribution in [-0.2, 0) is 0 Å². The zero-order valence-corrected chi connectivity index (χ0v) is 6.25. The molecule has 0 amide bonds. The molecule has 0 saturated heterocycles. The van der Waals surface area contributed by atoms with Gasteiger partial charge in [-0.2, -0.15) is 12.6 Å². The van der Waals surface area contributed by atoms with E-state index in [1.54, 1.807) is 6.08 Å². The first kappa shape index (κ1) is 9.60. The normalized spacial score (nSPS) is 5.00. The topological polar surface area (TPSA) is 0 Å². The monoisotopic (exact) mass is 116 g/mol. The van der Waals surface area contributed by atoms with Crippen molar-refractivity contribution in [2.24, 2.45) is 0 Å². The Hall–Kier alpha value is 1.35. The minimum absolute atomic E-state index is 0. The molecule has 0 aliphatic carbocycles. The van der Waals surface area contributed by atoms with Gasteiger partial charge in [0.1, 0.15) is 0 Å². The molecule has 0 nitrogen and oxygen atoms in total. The van der Waals surface area contributed by atoms with E-state index in [0.717, 1.165) is 5.75 Å². The first-order chi connectivity index (χ1) is 1.91. The molecule has 0 fully saturated rings. The molecule has 0 aliphatic heterocycles. The van der Waals surface area contributed by atoms with Crippen molar-refractivity contribution in [1.82, 2.24) is 0 Å². The summed E-state index contributed by atoms with van der Waals surface area (Å²) in [6, 6.07) is 0. The minimum Gasteiger partial charge on any atom is -1.00 e. The van der Waals surface area contributed by atoms with Crippen LogP contribution >= 0.6 is 12.6 Å². The van der Waals surface area contributed by atoms with Crippen LogP contribution in [0.15, 0.2) is 12.7 Å². The standard InChI is InChI=1S/C3H6S.Ca.2H/c1-2-3-4;;;/h2,4H,1,3H2;;;/q;+2;2*-1. The molecule has 0 spiro atoms. The van der Waals surface area contributed by atoms with E-state index in [-0.39, 0.29) is 40.6 Å². The fourth-order valence-corrected chi connectivity index (χ4v) is 0. The van der Waals surface area contributed by atoms with Crippen LogP contribution in [0.3, 0.4) is 0 Å². The smallest absolute Gasteiger partial charge is 1.00 e. The van der Waals surface area contributed by atoms with Crippen molar-refractivity contribution in [3.63, 3.8) is 0 Å². The summed E-state index contributed by atoms with van der Waals surface area (Å²) < 4.78 is 0. The molecule has 0 atom stereocenters. The van der Waals surface area contributed by atoms with Crippen LogP contribution in [0.2, 0.25) is 0 Å². The van der Waals surface area contributed by atoms with Gasteiger partial charge in [0.2, 0.25) is 0 Å². The fraction of sp³-hybridized carbons (Fsp3) is 0.333. The molecule has 0 aromatic rings. The van der Waals surface area contributed by atoms with Gasteiger partial charge in [-0.25, -0.2) is 0 Å². The minimum atomic E-state index is 0. The molecule has 0 rings (SSSR count). The third kappa shape index (κ3) is 10.9. The van der Waals surface area contributed by atoms with E-state index in [1.807, 2.05) is 0 Å². The van der Waals surface area contributed by atoms with Crippen molar-refractivity contribution in [3.05, 3.63) is 12.7 Å². The molecule has 0 N–H and O–H groups in total. The molecular formula is C3H8CaS. The van der Waals surface area contributed by atoms with Crippen molar-refractivity contribution in [2.75, 3.05) is 5.75 Å². The fourth-order valence-electron chi connectivity index (χ4n) is 0. The summed E-state index contributed by atoms with van der Waals surface area (Å²) in [7, 11) is 0. The first-order valence-corrected chi connectivity index (χ1v) is 1.77. The molecule has 5 heavy (non-hydrogen) atoms. The maximum Gasteiger partial charge on any atom is 2.00 e. The SMILES string of the molecule is C=CCS.[Ca+2].[H-].[H-]. The van der Waals surface area contributed by atoms with Gasteiger partial charge in [-0.3, -0.25) is 0 Å². The van der Waals surface area contributed by atoms with Crippen molar-refractivity contribution in [2.45, 2.75) is 0 Å². The van der Waals surface area contributed by atoms with E-state index in [4.69, 9.17) is 0 Å². The van der Waals surface area contributed by atoms with Crippen LogP contribution in [0.25, 0.3) is 0 Å². The summed E-state index contributed by atoms with van der Waals surface area (Å²) in [6.45, 7) is 3.40. The number of hydrogen-bond donors (Lipinski definition) is 1. The zero-order chi connectivity index (χ0) is 3.41. The van der Waals surface area contributed by atoms with Gasteiger partial charge in [-0.15, -0.1) is 6.58 Å². The summed E-state index contributed by atoms with van der Waals surface area (Å²) in [4.78, 5) is 0. The van der Waals surface area contributed by atoms with Crippen molar-refractivity contribution in [1.29, 1.82) is 0 Å². The van der Waals surface area contributed by atoms with Gasteiger partial charge in [0.05, 0.1) is 0 Å². The predicted octanol–water partition coefficient (Wildman–Crippen LogP) is 0.946. The van der Waals surface area contributed by atoms with E-state index in [1.165, 1.54) is 0 Å². The van der Waals surface area contributed by atoms with Gasteiger partial charge in [0.15, 0.2) is 0 Å². The summed E-state index contributed by atoms with van der Waals surface area (Å²) in [6.07, 6.45) is 1.74. The molecular weight excluding hydrogens is 108 g/mol. The van der Waals surface area contributed by atoms with Crippen LogP contribution in [0, 0.1) is 0 Å². The van der Waals surface area contributed by atoms with Crippen LogP contribution in [-0.4, -0.2) is 43.5 Å². The van der Waals surface area contributed by atoms with Gasteiger partial charge >= 0.3 is 37.7 Å². The number of rotatable bonds is 1. The Balaban J connectivity index is -0.0000000150. The van der Waals surface area contributed by atoms with Crippen LogP contribution in [0.1, 0.15) is 2.85 Å². The van der Waals surface area contributed by atoms with Gasteiger partial charge in [-0.1, -0.05) is 6.08 Å². The quantitative estimate of drug-likeness (QED) is 0.294. The average Bonchev–Trinajstić information content (AvgIpc) is 1.37. The number of hydrogen-bond acceptors (Lipinski definition) is 1. The second kappa shape index (κ2) is 9.02. The molecule has 2 heteroatoms. The molecule has 0 radical (unpaired) electrons. The second-order valence-electron chi connectivity index (χ2n) is 0.471. The Morgan fingerprint density at radius 2 is 2.20 bits per heavy atom. The molecule has 0 bridgehead atoms. The van der Waals surface area contributed by atoms with Crippen molar-refractivity contribution < 1.29 is 2.85 Å². The van der Waals surface area contributed by atoms with Gasteiger partial charge in [0.25, 0.3) is 0 Å². The largest absolute Gasteiger partial charge is 2.00 e. The molecule has 0 aliphatic rings. The van der Waals surface area contributed by atoms with E-state index < -0.39 is 0 Å². The Bertz CT molecular complexity index is 26.9. The summed E-state index contributed by atoms with van der Waals surface area (Å²) >= 11 is 3.80. The average molecular weight is 116 g/mol. The number of thiol groups is 1. The first-order valence-electron chi connectivity index (χ1n) is 1.13. The van der Waals surface area contributed by atoms with Crippen LogP contribution in [0.4, 0.5) is 0 Å². The van der Waals surface area contributed by atoms with E-state index >= 15 is 0 Å². The Morgan fingerprint density at radius 3 is 2.20 bits per heavy atom. The van der Waals surface area contributed by atoms with Crippen molar-refractivity contribution in [3.8, 4) is 0 Å². The molecule has 0 heterocycles. The molecule has 0 saturated carbocycles. The van der Waals surface area contributed by atoms with E-state index in [9.17, 15) is 0 Å². The van der Waals surface area contributed by atoms with Crippen LogP contribution < -0.4 is 0 Å².